The Labute approximate surface area is 99.4 Å². The Balaban J connectivity index is 2.36. The van der Waals surface area contributed by atoms with E-state index in [0.717, 1.165) is 12.8 Å². The van der Waals surface area contributed by atoms with Crippen molar-refractivity contribution in [3.63, 3.8) is 0 Å². The highest BCUT2D eigenvalue weighted by Gasteiger charge is 2.37. The molecule has 16 heavy (non-hydrogen) atoms. The highest BCUT2D eigenvalue weighted by Crippen LogP contribution is 2.49. The van der Waals surface area contributed by atoms with Crippen LogP contribution in [0.2, 0.25) is 5.31 Å². The molecule has 1 aromatic rings. The van der Waals surface area contributed by atoms with Crippen molar-refractivity contribution in [1.29, 1.82) is 0 Å². The summed E-state index contributed by atoms with van der Waals surface area (Å²) in [6.07, 6.45) is 8.09. The maximum atomic E-state index is 6.35. The maximum absolute atomic E-state index is 6.35. The molecule has 1 aliphatic rings. The van der Waals surface area contributed by atoms with E-state index in [1.54, 1.807) is 0 Å². The Morgan fingerprint density at radius 2 is 2.12 bits per heavy atom. The van der Waals surface area contributed by atoms with E-state index in [1.165, 1.54) is 11.1 Å². The summed E-state index contributed by atoms with van der Waals surface area (Å²) >= 11 is 0. The van der Waals surface area contributed by atoms with Gasteiger partial charge in [-0.05, 0) is 42.1 Å². The predicted molar refractivity (Wildman–Crippen MR) is 68.7 cm³/mol. The van der Waals surface area contributed by atoms with Crippen LogP contribution in [0.4, 0.5) is 0 Å². The van der Waals surface area contributed by atoms with E-state index in [2.05, 4.69) is 37.9 Å². The Morgan fingerprint density at radius 1 is 1.38 bits per heavy atom. The van der Waals surface area contributed by atoms with Crippen LogP contribution in [-0.2, 0) is 5.41 Å². The predicted octanol–water partition coefficient (Wildman–Crippen LogP) is 3.43. The summed E-state index contributed by atoms with van der Waals surface area (Å²) in [5, 5.41) is -0.192. The van der Waals surface area contributed by atoms with Crippen LogP contribution in [0.1, 0.15) is 39.2 Å². The van der Waals surface area contributed by atoms with Crippen LogP contribution in [0.25, 0.3) is 0 Å². The summed E-state index contributed by atoms with van der Waals surface area (Å²) in [5.41, 5.74) is 2.71. The minimum absolute atomic E-state index is 0.122. The highest BCUT2D eigenvalue weighted by atomic mass is 14.6. The van der Waals surface area contributed by atoms with Crippen LogP contribution in [0.15, 0.2) is 36.2 Å². The van der Waals surface area contributed by atoms with E-state index >= 15 is 0 Å². The Bertz CT molecular complexity index is 408. The molecule has 2 atom stereocenters. The summed E-state index contributed by atoms with van der Waals surface area (Å²) in [6, 6.07) is 4.15. The van der Waals surface area contributed by atoms with E-state index in [4.69, 9.17) is 7.85 Å². The fourth-order valence-corrected chi connectivity index (χ4v) is 2.57. The van der Waals surface area contributed by atoms with Crippen molar-refractivity contribution in [2.45, 2.75) is 44.3 Å². The van der Waals surface area contributed by atoms with Gasteiger partial charge in [0.15, 0.2) is 0 Å². The van der Waals surface area contributed by atoms with Gasteiger partial charge in [0.2, 0.25) is 0 Å². The first kappa shape index (κ1) is 11.4. The minimum atomic E-state index is -0.192. The number of aromatic nitrogens is 1. The van der Waals surface area contributed by atoms with Gasteiger partial charge in [0, 0.05) is 12.4 Å². The average molecular weight is 211 g/mol. The molecule has 1 heterocycles. The van der Waals surface area contributed by atoms with Crippen molar-refractivity contribution >= 4 is 7.85 Å². The SMILES string of the molecule is [B]C1(C)CC(C)(c2cccnc2)CC=C1C. The molecule has 2 radical (unpaired) electrons. The minimum Gasteiger partial charge on any atom is -0.264 e. The quantitative estimate of drug-likeness (QED) is 0.512. The van der Waals surface area contributed by atoms with E-state index in [9.17, 15) is 0 Å². The van der Waals surface area contributed by atoms with Crippen molar-refractivity contribution in [2.75, 3.05) is 0 Å². The Kier molecular flexibility index (Phi) is 2.69. The molecule has 0 bridgehead atoms. The van der Waals surface area contributed by atoms with E-state index in [1.807, 2.05) is 18.5 Å². The van der Waals surface area contributed by atoms with Gasteiger partial charge in [-0.1, -0.05) is 31.6 Å². The number of hydrogen-bond donors (Lipinski definition) is 0. The van der Waals surface area contributed by atoms with Crippen molar-refractivity contribution < 1.29 is 0 Å². The molecule has 0 fully saturated rings. The van der Waals surface area contributed by atoms with Gasteiger partial charge in [0.25, 0.3) is 0 Å². The molecule has 0 N–H and O–H groups in total. The van der Waals surface area contributed by atoms with Gasteiger partial charge >= 0.3 is 0 Å². The summed E-state index contributed by atoms with van der Waals surface area (Å²) < 4.78 is 0. The second-order valence-corrected chi connectivity index (χ2v) is 5.49. The monoisotopic (exact) mass is 211 g/mol. The molecule has 0 amide bonds. The molecule has 0 aromatic carbocycles. The third-order valence-electron chi connectivity index (χ3n) is 3.88. The second kappa shape index (κ2) is 3.76. The smallest absolute Gasteiger partial charge is 0.0802 e. The fourth-order valence-electron chi connectivity index (χ4n) is 2.57. The molecule has 82 valence electrons. The number of allylic oxidation sites excluding steroid dienone is 2. The lowest BCUT2D eigenvalue weighted by Gasteiger charge is -2.42. The van der Waals surface area contributed by atoms with E-state index in [-0.39, 0.29) is 10.7 Å². The first-order chi connectivity index (χ1) is 7.44. The first-order valence-corrected chi connectivity index (χ1v) is 5.81. The van der Waals surface area contributed by atoms with Gasteiger partial charge in [-0.2, -0.15) is 0 Å². The number of rotatable bonds is 1. The number of hydrogen-bond acceptors (Lipinski definition) is 1. The van der Waals surface area contributed by atoms with Gasteiger partial charge in [0.05, 0.1) is 7.85 Å². The van der Waals surface area contributed by atoms with Gasteiger partial charge in [-0.3, -0.25) is 4.98 Å². The molecule has 1 nitrogen and oxygen atoms in total. The molecular formula is C14H18BN. The zero-order chi connectivity index (χ0) is 11.8. The molecule has 1 aliphatic carbocycles. The summed E-state index contributed by atoms with van der Waals surface area (Å²) in [7, 11) is 6.35. The molecule has 1 aromatic heterocycles. The largest absolute Gasteiger partial charge is 0.264 e. The zero-order valence-electron chi connectivity index (χ0n) is 10.3. The van der Waals surface area contributed by atoms with Crippen LogP contribution in [0.5, 0.6) is 0 Å². The standard InChI is InChI=1S/C14H18BN/c1-11-6-7-13(2,10-14(11,3)15)12-5-4-8-16-9-12/h4-6,8-9H,7,10H2,1-3H3. The lowest BCUT2D eigenvalue weighted by Crippen LogP contribution is -2.31. The Hall–Kier alpha value is -1.05. The zero-order valence-corrected chi connectivity index (χ0v) is 10.3. The third kappa shape index (κ3) is 1.93. The van der Waals surface area contributed by atoms with Crippen LogP contribution >= 0.6 is 0 Å². The molecule has 0 spiro atoms. The molecule has 0 saturated carbocycles. The summed E-state index contributed by atoms with van der Waals surface area (Å²) in [5.74, 6) is 0. The molecule has 0 aliphatic heterocycles. The second-order valence-electron chi connectivity index (χ2n) is 5.49. The molecular weight excluding hydrogens is 193 g/mol. The van der Waals surface area contributed by atoms with E-state index < -0.39 is 0 Å². The first-order valence-electron chi connectivity index (χ1n) is 5.81. The summed E-state index contributed by atoms with van der Waals surface area (Å²) in [6.45, 7) is 6.52. The van der Waals surface area contributed by atoms with Crippen molar-refractivity contribution in [3.8, 4) is 0 Å². The summed E-state index contributed by atoms with van der Waals surface area (Å²) in [4.78, 5) is 4.21. The van der Waals surface area contributed by atoms with Crippen LogP contribution in [0.3, 0.4) is 0 Å². The number of nitrogens with zero attached hydrogens (tertiary/aromatic N) is 1. The van der Waals surface area contributed by atoms with Gasteiger partial charge < -0.3 is 0 Å². The Morgan fingerprint density at radius 3 is 2.69 bits per heavy atom. The van der Waals surface area contributed by atoms with Crippen molar-refractivity contribution in [1.82, 2.24) is 4.98 Å². The van der Waals surface area contributed by atoms with Crippen molar-refractivity contribution in [2.24, 2.45) is 0 Å². The molecule has 0 saturated heterocycles. The van der Waals surface area contributed by atoms with Gasteiger partial charge in [0.1, 0.15) is 0 Å². The van der Waals surface area contributed by atoms with E-state index in [0.29, 0.717) is 0 Å². The average Bonchev–Trinajstić information content (AvgIpc) is 2.25. The van der Waals surface area contributed by atoms with Gasteiger partial charge in [-0.15, -0.1) is 0 Å². The van der Waals surface area contributed by atoms with Gasteiger partial charge in [-0.25, -0.2) is 0 Å². The van der Waals surface area contributed by atoms with Crippen molar-refractivity contribution in [3.05, 3.63) is 41.7 Å². The fraction of sp³-hybridized carbons (Fsp3) is 0.500. The number of pyridine rings is 1. The third-order valence-corrected chi connectivity index (χ3v) is 3.88. The lowest BCUT2D eigenvalue weighted by molar-refractivity contribution is 0.369. The molecule has 2 unspecified atom stereocenters. The van der Waals surface area contributed by atoms with Crippen LogP contribution in [-0.4, -0.2) is 12.8 Å². The highest BCUT2D eigenvalue weighted by molar-refractivity contribution is 6.17. The normalized spacial score (nSPS) is 34.6. The van der Waals surface area contributed by atoms with Crippen LogP contribution < -0.4 is 0 Å². The maximum Gasteiger partial charge on any atom is 0.0802 e. The molecule has 2 heteroatoms. The lowest BCUT2D eigenvalue weighted by atomic mass is 9.53. The molecule has 2 rings (SSSR count). The topological polar surface area (TPSA) is 12.9 Å². The van der Waals surface area contributed by atoms with Crippen LogP contribution in [0, 0.1) is 0 Å².